The van der Waals surface area contributed by atoms with Crippen LogP contribution in [0.4, 0.5) is 4.79 Å². The van der Waals surface area contributed by atoms with Crippen LogP contribution in [0.25, 0.3) is 0 Å². The van der Waals surface area contributed by atoms with Crippen LogP contribution in [0.2, 0.25) is 0 Å². The Morgan fingerprint density at radius 2 is 2.31 bits per heavy atom. The molecule has 13 heavy (non-hydrogen) atoms. The summed E-state index contributed by atoms with van der Waals surface area (Å²) >= 11 is 0. The van der Waals surface area contributed by atoms with Gasteiger partial charge in [0.15, 0.2) is 0 Å². The molecule has 0 aromatic heterocycles. The summed E-state index contributed by atoms with van der Waals surface area (Å²) in [5.41, 5.74) is 0.0325. The van der Waals surface area contributed by atoms with E-state index in [0.29, 0.717) is 0 Å². The van der Waals surface area contributed by atoms with Crippen molar-refractivity contribution in [2.24, 2.45) is 5.41 Å². The molecule has 4 nitrogen and oxygen atoms in total. The number of piperidine rings is 1. The summed E-state index contributed by atoms with van der Waals surface area (Å²) in [6.07, 6.45) is 0.578. The highest BCUT2D eigenvalue weighted by molar-refractivity contribution is 5.66. The maximum Gasteiger partial charge on any atom is 0.407 e. The summed E-state index contributed by atoms with van der Waals surface area (Å²) in [7, 11) is 1.58. The van der Waals surface area contributed by atoms with Gasteiger partial charge in [0.1, 0.15) is 6.10 Å². The fourth-order valence-electron chi connectivity index (χ4n) is 1.55. The van der Waals surface area contributed by atoms with Crippen LogP contribution in [0.5, 0.6) is 0 Å². The summed E-state index contributed by atoms with van der Waals surface area (Å²) in [6, 6.07) is 0. The number of alkyl carbamates (subject to hydrolysis) is 1. The second kappa shape index (κ2) is 3.96. The molecule has 0 radical (unpaired) electrons. The van der Waals surface area contributed by atoms with E-state index >= 15 is 0 Å². The lowest BCUT2D eigenvalue weighted by atomic mass is 9.82. The molecule has 0 aromatic carbocycles. The third-order valence-corrected chi connectivity index (χ3v) is 2.49. The van der Waals surface area contributed by atoms with Gasteiger partial charge in [-0.3, -0.25) is 0 Å². The van der Waals surface area contributed by atoms with E-state index in [9.17, 15) is 4.79 Å². The van der Waals surface area contributed by atoms with E-state index in [-0.39, 0.29) is 17.6 Å². The first kappa shape index (κ1) is 10.3. The van der Waals surface area contributed by atoms with E-state index in [2.05, 4.69) is 24.5 Å². The number of nitrogens with one attached hydrogen (secondary N) is 2. The van der Waals surface area contributed by atoms with Gasteiger partial charge in [-0.15, -0.1) is 0 Å². The highest BCUT2D eigenvalue weighted by Gasteiger charge is 2.34. The summed E-state index contributed by atoms with van der Waals surface area (Å²) in [5.74, 6) is 0. The Morgan fingerprint density at radius 3 is 2.85 bits per heavy atom. The molecule has 0 spiro atoms. The van der Waals surface area contributed by atoms with Crippen LogP contribution in [0.1, 0.15) is 20.3 Å². The number of ether oxygens (including phenoxy) is 1. The van der Waals surface area contributed by atoms with E-state index in [1.807, 2.05) is 0 Å². The molecular formula is C9H18N2O2. The number of hydrogen-bond acceptors (Lipinski definition) is 3. The van der Waals surface area contributed by atoms with Gasteiger partial charge in [0.2, 0.25) is 0 Å². The van der Waals surface area contributed by atoms with E-state index < -0.39 is 0 Å². The van der Waals surface area contributed by atoms with Crippen molar-refractivity contribution < 1.29 is 9.53 Å². The van der Waals surface area contributed by atoms with Gasteiger partial charge in [-0.05, 0) is 13.0 Å². The van der Waals surface area contributed by atoms with Gasteiger partial charge in [0.25, 0.3) is 0 Å². The Hall–Kier alpha value is -0.770. The van der Waals surface area contributed by atoms with Crippen molar-refractivity contribution in [2.75, 3.05) is 20.1 Å². The minimum atomic E-state index is -0.333. The van der Waals surface area contributed by atoms with Crippen molar-refractivity contribution in [3.8, 4) is 0 Å². The van der Waals surface area contributed by atoms with Gasteiger partial charge >= 0.3 is 6.09 Å². The third kappa shape index (κ3) is 2.59. The van der Waals surface area contributed by atoms with E-state index in [0.717, 1.165) is 19.5 Å². The summed E-state index contributed by atoms with van der Waals surface area (Å²) < 4.78 is 5.27. The molecule has 0 bridgehead atoms. The Labute approximate surface area is 79.0 Å². The smallest absolute Gasteiger partial charge is 0.407 e. The van der Waals surface area contributed by atoms with Gasteiger partial charge in [0.05, 0.1) is 0 Å². The maximum absolute atomic E-state index is 11.0. The quantitative estimate of drug-likeness (QED) is 0.634. The Morgan fingerprint density at radius 1 is 1.62 bits per heavy atom. The Kier molecular flexibility index (Phi) is 3.14. The molecule has 1 amide bonds. The van der Waals surface area contributed by atoms with E-state index in [1.54, 1.807) is 7.05 Å². The molecule has 76 valence electrons. The molecule has 1 fully saturated rings. The normalized spacial score (nSPS) is 26.5. The van der Waals surface area contributed by atoms with Gasteiger partial charge in [0, 0.05) is 19.0 Å². The standard InChI is InChI=1S/C9H18N2O2/c1-9(2)6-11-5-4-7(9)13-8(12)10-3/h7,11H,4-6H2,1-3H3,(H,10,12). The molecule has 1 aliphatic rings. The first-order valence-electron chi connectivity index (χ1n) is 4.65. The predicted octanol–water partition coefficient (Wildman–Crippen LogP) is 0.730. The highest BCUT2D eigenvalue weighted by atomic mass is 16.6. The number of amides is 1. The van der Waals surface area contributed by atoms with Crippen LogP contribution in [-0.4, -0.2) is 32.3 Å². The lowest BCUT2D eigenvalue weighted by Crippen LogP contribution is -2.48. The summed E-state index contributed by atoms with van der Waals surface area (Å²) in [4.78, 5) is 11.0. The zero-order valence-corrected chi connectivity index (χ0v) is 8.52. The van der Waals surface area contributed by atoms with Crippen molar-refractivity contribution in [3.05, 3.63) is 0 Å². The van der Waals surface area contributed by atoms with Crippen LogP contribution in [0.15, 0.2) is 0 Å². The monoisotopic (exact) mass is 186 g/mol. The van der Waals surface area contributed by atoms with Crippen LogP contribution in [0, 0.1) is 5.41 Å². The molecule has 0 saturated carbocycles. The SMILES string of the molecule is CNC(=O)OC1CCNCC1(C)C. The molecule has 0 aliphatic carbocycles. The molecule has 1 heterocycles. The number of carbonyl (C=O) groups is 1. The highest BCUT2D eigenvalue weighted by Crippen LogP contribution is 2.27. The molecule has 0 aromatic rings. The maximum atomic E-state index is 11.0. The number of hydrogen-bond donors (Lipinski definition) is 2. The largest absolute Gasteiger partial charge is 0.446 e. The lowest BCUT2D eigenvalue weighted by molar-refractivity contribution is 0.00405. The molecule has 1 saturated heterocycles. The van der Waals surface area contributed by atoms with Crippen LogP contribution in [-0.2, 0) is 4.74 Å². The van der Waals surface area contributed by atoms with Gasteiger partial charge < -0.3 is 15.4 Å². The van der Waals surface area contributed by atoms with E-state index in [1.165, 1.54) is 0 Å². The average molecular weight is 186 g/mol. The molecular weight excluding hydrogens is 168 g/mol. The van der Waals surface area contributed by atoms with Gasteiger partial charge in [-0.25, -0.2) is 4.79 Å². The average Bonchev–Trinajstić information content (AvgIpc) is 2.08. The molecule has 4 heteroatoms. The van der Waals surface area contributed by atoms with Crippen LogP contribution in [0.3, 0.4) is 0 Å². The van der Waals surface area contributed by atoms with Crippen molar-refractivity contribution >= 4 is 6.09 Å². The Bertz CT molecular complexity index is 192. The minimum Gasteiger partial charge on any atom is -0.446 e. The zero-order chi connectivity index (χ0) is 9.90. The van der Waals surface area contributed by atoms with Crippen LogP contribution < -0.4 is 10.6 Å². The van der Waals surface area contributed by atoms with Crippen molar-refractivity contribution in [1.29, 1.82) is 0 Å². The number of carbonyl (C=O) groups excluding carboxylic acids is 1. The predicted molar refractivity (Wildman–Crippen MR) is 50.6 cm³/mol. The minimum absolute atomic E-state index is 0.0219. The lowest BCUT2D eigenvalue weighted by Gasteiger charge is -2.37. The molecule has 1 rings (SSSR count). The van der Waals surface area contributed by atoms with Crippen LogP contribution >= 0.6 is 0 Å². The zero-order valence-electron chi connectivity index (χ0n) is 8.52. The van der Waals surface area contributed by atoms with Crippen molar-refractivity contribution in [3.63, 3.8) is 0 Å². The van der Waals surface area contributed by atoms with Gasteiger partial charge in [-0.1, -0.05) is 13.8 Å². The molecule has 2 N–H and O–H groups in total. The summed E-state index contributed by atoms with van der Waals surface area (Å²) in [6.45, 7) is 6.03. The van der Waals surface area contributed by atoms with Gasteiger partial charge in [-0.2, -0.15) is 0 Å². The topological polar surface area (TPSA) is 50.4 Å². The van der Waals surface area contributed by atoms with Crippen molar-refractivity contribution in [1.82, 2.24) is 10.6 Å². The number of rotatable bonds is 1. The Balaban J connectivity index is 2.51. The molecule has 1 atom stereocenters. The third-order valence-electron chi connectivity index (χ3n) is 2.49. The second-order valence-electron chi connectivity index (χ2n) is 4.10. The fourth-order valence-corrected chi connectivity index (χ4v) is 1.55. The molecule has 1 aliphatic heterocycles. The summed E-state index contributed by atoms with van der Waals surface area (Å²) in [5, 5.41) is 5.75. The van der Waals surface area contributed by atoms with E-state index in [4.69, 9.17) is 4.74 Å². The fraction of sp³-hybridized carbons (Fsp3) is 0.889. The van der Waals surface area contributed by atoms with Crippen molar-refractivity contribution in [2.45, 2.75) is 26.4 Å². The molecule has 1 unspecified atom stereocenters. The first-order valence-corrected chi connectivity index (χ1v) is 4.65. The first-order chi connectivity index (χ1) is 6.06. The second-order valence-corrected chi connectivity index (χ2v) is 4.10.